The molecule has 21 heavy (non-hydrogen) atoms. The van der Waals surface area contributed by atoms with Gasteiger partial charge in [-0.1, -0.05) is 20.8 Å². The van der Waals surface area contributed by atoms with Crippen LogP contribution in [0.3, 0.4) is 0 Å². The summed E-state index contributed by atoms with van der Waals surface area (Å²) in [5, 5.41) is 4.25. The van der Waals surface area contributed by atoms with Gasteiger partial charge in [-0.15, -0.1) is 0 Å². The number of hydrogen-bond acceptors (Lipinski definition) is 3. The third kappa shape index (κ3) is 2.39. The van der Waals surface area contributed by atoms with Crippen LogP contribution in [0, 0.1) is 0 Å². The minimum Gasteiger partial charge on any atom is -0.399 e. The lowest BCUT2D eigenvalue weighted by Gasteiger charge is -2.20. The summed E-state index contributed by atoms with van der Waals surface area (Å²) >= 11 is 0. The van der Waals surface area contributed by atoms with Crippen molar-refractivity contribution in [1.29, 1.82) is 0 Å². The number of nitrogens with zero attached hydrogens (tertiary/aromatic N) is 4. The van der Waals surface area contributed by atoms with Crippen molar-refractivity contribution in [3.8, 4) is 0 Å². The molecule has 0 saturated heterocycles. The predicted molar refractivity (Wildman–Crippen MR) is 85.2 cm³/mol. The number of benzene rings is 1. The molecule has 2 N–H and O–H groups in total. The first-order valence-corrected chi connectivity index (χ1v) is 7.09. The lowest BCUT2D eigenvalue weighted by Crippen LogP contribution is -2.20. The molecule has 0 spiro atoms. The molecule has 1 aromatic carbocycles. The highest BCUT2D eigenvalue weighted by molar-refractivity contribution is 5.80. The Kier molecular flexibility index (Phi) is 3.01. The second-order valence-corrected chi connectivity index (χ2v) is 6.47. The Morgan fingerprint density at radius 2 is 1.95 bits per heavy atom. The number of anilines is 1. The molecule has 0 atom stereocenters. The quantitative estimate of drug-likeness (QED) is 0.736. The van der Waals surface area contributed by atoms with Gasteiger partial charge in [0.15, 0.2) is 0 Å². The van der Waals surface area contributed by atoms with Crippen molar-refractivity contribution in [1.82, 2.24) is 19.3 Å². The molecule has 3 rings (SSSR count). The van der Waals surface area contributed by atoms with Crippen LogP contribution in [0.2, 0.25) is 0 Å². The maximum atomic E-state index is 5.89. The Labute approximate surface area is 124 Å². The first-order chi connectivity index (χ1) is 9.86. The van der Waals surface area contributed by atoms with Crippen LogP contribution in [0.5, 0.6) is 0 Å². The molecule has 0 fully saturated rings. The normalized spacial score (nSPS) is 12.2. The van der Waals surface area contributed by atoms with E-state index >= 15 is 0 Å². The fraction of sp³-hybridized carbons (Fsp3) is 0.375. The number of imidazole rings is 1. The molecule has 5 nitrogen and oxygen atoms in total. The maximum Gasteiger partial charge on any atom is 0.115 e. The maximum absolute atomic E-state index is 5.89. The summed E-state index contributed by atoms with van der Waals surface area (Å²) in [6.07, 6.45) is 1.82. The van der Waals surface area contributed by atoms with Crippen molar-refractivity contribution in [2.45, 2.75) is 32.7 Å². The van der Waals surface area contributed by atoms with E-state index in [1.165, 1.54) is 0 Å². The third-order valence-electron chi connectivity index (χ3n) is 3.69. The summed E-state index contributed by atoms with van der Waals surface area (Å²) in [6, 6.07) is 7.94. The third-order valence-corrected chi connectivity index (χ3v) is 3.69. The highest BCUT2D eigenvalue weighted by Crippen LogP contribution is 2.28. The number of aromatic nitrogens is 4. The summed E-state index contributed by atoms with van der Waals surface area (Å²) in [6.45, 7) is 7.29. The van der Waals surface area contributed by atoms with Gasteiger partial charge >= 0.3 is 0 Å². The second kappa shape index (κ2) is 4.62. The first-order valence-electron chi connectivity index (χ1n) is 7.09. The Balaban J connectivity index is 2.20. The van der Waals surface area contributed by atoms with Crippen molar-refractivity contribution in [2.75, 3.05) is 5.73 Å². The van der Waals surface area contributed by atoms with Crippen molar-refractivity contribution in [3.05, 3.63) is 42.0 Å². The van der Waals surface area contributed by atoms with E-state index in [0.29, 0.717) is 0 Å². The number of aryl methyl sites for hydroxylation is 1. The van der Waals surface area contributed by atoms with Crippen LogP contribution in [0.4, 0.5) is 5.69 Å². The van der Waals surface area contributed by atoms with Gasteiger partial charge in [0.2, 0.25) is 0 Å². The van der Waals surface area contributed by atoms with Gasteiger partial charge < -0.3 is 10.3 Å². The van der Waals surface area contributed by atoms with Crippen LogP contribution in [-0.2, 0) is 19.0 Å². The number of hydrogen-bond donors (Lipinski definition) is 1. The van der Waals surface area contributed by atoms with Gasteiger partial charge in [-0.3, -0.25) is 4.68 Å². The van der Waals surface area contributed by atoms with Crippen molar-refractivity contribution in [3.63, 3.8) is 0 Å². The van der Waals surface area contributed by atoms with E-state index in [1.54, 1.807) is 0 Å². The van der Waals surface area contributed by atoms with E-state index in [9.17, 15) is 0 Å². The lowest BCUT2D eigenvalue weighted by atomic mass is 9.95. The molecule has 110 valence electrons. The summed E-state index contributed by atoms with van der Waals surface area (Å²) in [7, 11) is 1.96. The molecule has 0 aliphatic rings. The van der Waals surface area contributed by atoms with E-state index in [4.69, 9.17) is 10.7 Å². The largest absolute Gasteiger partial charge is 0.399 e. The van der Waals surface area contributed by atoms with Crippen molar-refractivity contribution >= 4 is 16.7 Å². The van der Waals surface area contributed by atoms with Gasteiger partial charge in [0, 0.05) is 24.3 Å². The van der Waals surface area contributed by atoms with E-state index < -0.39 is 0 Å². The second-order valence-electron chi connectivity index (χ2n) is 6.47. The van der Waals surface area contributed by atoms with Gasteiger partial charge in [0.05, 0.1) is 23.3 Å². The highest BCUT2D eigenvalue weighted by atomic mass is 15.3. The number of fused-ring (bicyclic) bond motifs is 1. The SMILES string of the molecule is Cn1nccc1Cn1c(C(C)(C)C)nc2cc(N)ccc21. The van der Waals surface area contributed by atoms with Crippen LogP contribution in [0.1, 0.15) is 32.3 Å². The molecule has 0 bridgehead atoms. The Hall–Kier alpha value is -2.30. The topological polar surface area (TPSA) is 61.7 Å². The average Bonchev–Trinajstić information content (AvgIpc) is 2.94. The van der Waals surface area contributed by atoms with Crippen LogP contribution < -0.4 is 5.73 Å². The van der Waals surface area contributed by atoms with Crippen molar-refractivity contribution in [2.24, 2.45) is 7.05 Å². The Morgan fingerprint density at radius 3 is 2.57 bits per heavy atom. The van der Waals surface area contributed by atoms with Gasteiger partial charge in [-0.2, -0.15) is 5.10 Å². The minimum absolute atomic E-state index is 0.0353. The molecule has 0 aliphatic carbocycles. The highest BCUT2D eigenvalue weighted by Gasteiger charge is 2.23. The van der Waals surface area contributed by atoms with Gasteiger partial charge in [0.1, 0.15) is 5.82 Å². The van der Waals surface area contributed by atoms with Crippen LogP contribution in [-0.4, -0.2) is 19.3 Å². The molecule has 0 unspecified atom stereocenters. The fourth-order valence-electron chi connectivity index (χ4n) is 2.60. The predicted octanol–water partition coefficient (Wildman–Crippen LogP) is 2.70. The number of nitrogen functional groups attached to an aromatic ring is 1. The molecular weight excluding hydrogens is 262 g/mol. The first kappa shape index (κ1) is 13.7. The van der Waals surface area contributed by atoms with Gasteiger partial charge in [-0.25, -0.2) is 4.98 Å². The zero-order valence-corrected chi connectivity index (χ0v) is 13.0. The van der Waals surface area contributed by atoms with Gasteiger partial charge in [-0.05, 0) is 24.3 Å². The van der Waals surface area contributed by atoms with Crippen LogP contribution in [0.15, 0.2) is 30.5 Å². The zero-order valence-electron chi connectivity index (χ0n) is 13.0. The standard InChI is InChI=1S/C16H21N5/c1-16(2,3)15-19-13-9-11(17)5-6-14(13)21(15)10-12-7-8-18-20(12)4/h5-9H,10,17H2,1-4H3. The van der Waals surface area contributed by atoms with E-state index in [-0.39, 0.29) is 5.41 Å². The summed E-state index contributed by atoms with van der Waals surface area (Å²) in [5.41, 5.74) is 9.80. The minimum atomic E-state index is -0.0353. The van der Waals surface area contributed by atoms with Gasteiger partial charge in [0.25, 0.3) is 0 Å². The Morgan fingerprint density at radius 1 is 1.19 bits per heavy atom. The number of rotatable bonds is 2. The molecule has 0 aliphatic heterocycles. The van der Waals surface area contributed by atoms with E-state index in [0.717, 1.165) is 34.8 Å². The smallest absolute Gasteiger partial charge is 0.115 e. The molecule has 5 heteroatoms. The molecule has 0 saturated carbocycles. The average molecular weight is 283 g/mol. The number of nitrogens with two attached hydrogens (primary N) is 1. The summed E-state index contributed by atoms with van der Waals surface area (Å²) in [4.78, 5) is 4.81. The van der Waals surface area contributed by atoms with Crippen molar-refractivity contribution < 1.29 is 0 Å². The molecule has 2 aromatic heterocycles. The van der Waals surface area contributed by atoms with Crippen LogP contribution in [0.25, 0.3) is 11.0 Å². The van der Waals surface area contributed by atoms with Crippen LogP contribution >= 0.6 is 0 Å². The summed E-state index contributed by atoms with van der Waals surface area (Å²) in [5.74, 6) is 1.06. The van der Waals surface area contributed by atoms with E-state index in [2.05, 4.69) is 30.4 Å². The summed E-state index contributed by atoms with van der Waals surface area (Å²) < 4.78 is 4.15. The Bertz CT molecular complexity index is 789. The van der Waals surface area contributed by atoms with E-state index in [1.807, 2.05) is 42.2 Å². The molecule has 0 amide bonds. The molecule has 0 radical (unpaired) electrons. The monoisotopic (exact) mass is 283 g/mol. The zero-order chi connectivity index (χ0) is 15.2. The molecule has 2 heterocycles. The molecular formula is C16H21N5. The molecule has 3 aromatic rings. The fourth-order valence-corrected chi connectivity index (χ4v) is 2.60. The lowest BCUT2D eigenvalue weighted by molar-refractivity contribution is 0.510.